The van der Waals surface area contributed by atoms with Crippen LogP contribution in [0.3, 0.4) is 0 Å². The first-order valence-corrected chi connectivity index (χ1v) is 9.24. The van der Waals surface area contributed by atoms with Crippen LogP contribution in [0.1, 0.15) is 18.4 Å². The Hall–Kier alpha value is -1.11. The van der Waals surface area contributed by atoms with Crippen LogP contribution in [0.5, 0.6) is 5.75 Å². The van der Waals surface area contributed by atoms with Gasteiger partial charge in [-0.1, -0.05) is 12.1 Å². The fourth-order valence-corrected chi connectivity index (χ4v) is 3.79. The summed E-state index contributed by atoms with van der Waals surface area (Å²) in [5.74, 6) is 0.904. The predicted molar refractivity (Wildman–Crippen MR) is 88.7 cm³/mol. The third kappa shape index (κ3) is 5.26. The van der Waals surface area contributed by atoms with Crippen LogP contribution in [0, 0.1) is 5.41 Å². The van der Waals surface area contributed by atoms with Gasteiger partial charge in [0.05, 0.1) is 12.9 Å². The average Bonchev–Trinajstić information content (AvgIpc) is 3.23. The van der Waals surface area contributed by atoms with Crippen LogP contribution in [0.25, 0.3) is 0 Å². The fourth-order valence-electron chi connectivity index (χ4n) is 2.62. The zero-order valence-electron chi connectivity index (χ0n) is 13.6. The lowest BCUT2D eigenvalue weighted by Crippen LogP contribution is -2.36. The number of hydrogen-bond acceptors (Lipinski definition) is 4. The summed E-state index contributed by atoms with van der Waals surface area (Å²) in [6.07, 6.45) is 2.72. The third-order valence-corrected chi connectivity index (χ3v) is 5.42. The highest BCUT2D eigenvalue weighted by Crippen LogP contribution is 2.45. The lowest BCUT2D eigenvalue weighted by atomic mass is 10.1. The van der Waals surface area contributed by atoms with E-state index in [1.807, 2.05) is 38.4 Å². The smallest absolute Gasteiger partial charge is 0.211 e. The number of hydrogen-bond donors (Lipinski definition) is 1. The summed E-state index contributed by atoms with van der Waals surface area (Å²) in [5, 5.41) is 0. The monoisotopic (exact) mass is 326 g/mol. The molecule has 0 heterocycles. The van der Waals surface area contributed by atoms with Crippen LogP contribution in [-0.2, 0) is 16.4 Å². The molecule has 1 aliphatic carbocycles. The van der Waals surface area contributed by atoms with E-state index in [0.717, 1.165) is 30.7 Å². The number of methoxy groups -OCH3 is 1. The Bertz CT molecular complexity index is 578. The average molecular weight is 326 g/mol. The third-order valence-electron chi connectivity index (χ3n) is 4.09. The van der Waals surface area contributed by atoms with Gasteiger partial charge in [-0.3, -0.25) is 0 Å². The summed E-state index contributed by atoms with van der Waals surface area (Å²) in [6.45, 7) is 1.49. The van der Waals surface area contributed by atoms with Crippen LogP contribution in [-0.4, -0.2) is 53.4 Å². The second kappa shape index (κ2) is 6.98. The van der Waals surface area contributed by atoms with Crippen molar-refractivity contribution in [1.82, 2.24) is 9.62 Å². The van der Waals surface area contributed by atoms with Crippen LogP contribution in [0.15, 0.2) is 24.3 Å². The van der Waals surface area contributed by atoms with Crippen molar-refractivity contribution >= 4 is 10.0 Å². The van der Waals surface area contributed by atoms with Gasteiger partial charge < -0.3 is 9.64 Å². The van der Waals surface area contributed by atoms with Crippen molar-refractivity contribution in [1.29, 1.82) is 0 Å². The molecule has 0 bridgehead atoms. The highest BCUT2D eigenvalue weighted by molar-refractivity contribution is 7.89. The first-order chi connectivity index (χ1) is 10.3. The first kappa shape index (κ1) is 17.2. The van der Waals surface area contributed by atoms with E-state index in [9.17, 15) is 8.42 Å². The molecule has 0 aromatic heterocycles. The minimum atomic E-state index is -3.22. The highest BCUT2D eigenvalue weighted by atomic mass is 32.2. The second-order valence-electron chi connectivity index (χ2n) is 6.48. The van der Waals surface area contributed by atoms with Gasteiger partial charge in [-0.15, -0.1) is 0 Å². The molecule has 2 rings (SSSR count). The molecule has 1 aromatic rings. The van der Waals surface area contributed by atoms with Crippen molar-refractivity contribution in [3.63, 3.8) is 0 Å². The van der Waals surface area contributed by atoms with E-state index in [-0.39, 0.29) is 11.2 Å². The molecule has 0 atom stereocenters. The SMILES string of the molecule is COc1ccc(CCS(=O)(=O)NCC2(CN(C)C)CC2)cc1. The Labute approximate surface area is 133 Å². The molecule has 6 heteroatoms. The minimum Gasteiger partial charge on any atom is -0.497 e. The number of benzene rings is 1. The van der Waals surface area contributed by atoms with Crippen molar-refractivity contribution in [2.75, 3.05) is 40.0 Å². The molecule has 5 nitrogen and oxygen atoms in total. The number of aryl methyl sites for hydroxylation is 1. The van der Waals surface area contributed by atoms with Crippen LogP contribution in [0.2, 0.25) is 0 Å². The van der Waals surface area contributed by atoms with E-state index >= 15 is 0 Å². The fraction of sp³-hybridized carbons (Fsp3) is 0.625. The molecule has 1 aliphatic rings. The van der Waals surface area contributed by atoms with Gasteiger partial charge in [0.1, 0.15) is 5.75 Å². The quantitative estimate of drug-likeness (QED) is 0.747. The summed E-state index contributed by atoms with van der Waals surface area (Å²) in [7, 11) is 2.44. The van der Waals surface area contributed by atoms with Crippen molar-refractivity contribution < 1.29 is 13.2 Å². The van der Waals surface area contributed by atoms with Gasteiger partial charge in [-0.2, -0.15) is 0 Å². The summed E-state index contributed by atoms with van der Waals surface area (Å²) in [6, 6.07) is 7.52. The van der Waals surface area contributed by atoms with Gasteiger partial charge in [-0.25, -0.2) is 13.1 Å². The van der Waals surface area contributed by atoms with Crippen molar-refractivity contribution in [2.24, 2.45) is 5.41 Å². The maximum absolute atomic E-state index is 12.1. The molecule has 1 aromatic carbocycles. The molecule has 22 heavy (non-hydrogen) atoms. The largest absolute Gasteiger partial charge is 0.497 e. The highest BCUT2D eigenvalue weighted by Gasteiger charge is 2.43. The molecule has 0 saturated heterocycles. The van der Waals surface area contributed by atoms with Crippen LogP contribution in [0.4, 0.5) is 0 Å². The number of ether oxygens (including phenoxy) is 1. The summed E-state index contributed by atoms with van der Waals surface area (Å²) in [5.41, 5.74) is 1.15. The van der Waals surface area contributed by atoms with Gasteiger partial charge in [0.25, 0.3) is 0 Å². The molecule has 0 radical (unpaired) electrons. The van der Waals surface area contributed by atoms with E-state index in [1.54, 1.807) is 7.11 Å². The maximum Gasteiger partial charge on any atom is 0.211 e. The van der Waals surface area contributed by atoms with Gasteiger partial charge in [0, 0.05) is 13.1 Å². The lowest BCUT2D eigenvalue weighted by molar-refractivity contribution is 0.308. The Balaban J connectivity index is 1.81. The molecule has 0 aliphatic heterocycles. The van der Waals surface area contributed by atoms with Crippen LogP contribution >= 0.6 is 0 Å². The molecular weight excluding hydrogens is 300 g/mol. The van der Waals surface area contributed by atoms with Crippen LogP contribution < -0.4 is 9.46 Å². The molecule has 0 amide bonds. The summed E-state index contributed by atoms with van der Waals surface area (Å²) in [4.78, 5) is 2.12. The van der Waals surface area contributed by atoms with Gasteiger partial charge in [-0.05, 0) is 56.5 Å². The predicted octanol–water partition coefficient (Wildman–Crippen LogP) is 1.50. The topological polar surface area (TPSA) is 58.6 Å². The Morgan fingerprint density at radius 2 is 1.86 bits per heavy atom. The number of rotatable bonds is 9. The number of nitrogens with one attached hydrogen (secondary N) is 1. The minimum absolute atomic E-state index is 0.122. The molecule has 1 fully saturated rings. The van der Waals surface area contributed by atoms with Crippen molar-refractivity contribution in [3.05, 3.63) is 29.8 Å². The van der Waals surface area contributed by atoms with Crippen molar-refractivity contribution in [2.45, 2.75) is 19.3 Å². The van der Waals surface area contributed by atoms with E-state index in [0.29, 0.717) is 13.0 Å². The van der Waals surface area contributed by atoms with Gasteiger partial charge in [0.15, 0.2) is 0 Å². The Morgan fingerprint density at radius 3 is 2.36 bits per heavy atom. The molecule has 1 saturated carbocycles. The summed E-state index contributed by atoms with van der Waals surface area (Å²) < 4.78 is 32.2. The number of nitrogens with zero attached hydrogens (tertiary/aromatic N) is 1. The van der Waals surface area contributed by atoms with E-state index in [4.69, 9.17) is 4.74 Å². The van der Waals surface area contributed by atoms with E-state index < -0.39 is 10.0 Å². The van der Waals surface area contributed by atoms with Gasteiger partial charge in [0.2, 0.25) is 10.0 Å². The van der Waals surface area contributed by atoms with Crippen molar-refractivity contribution in [3.8, 4) is 5.75 Å². The first-order valence-electron chi connectivity index (χ1n) is 7.59. The molecule has 0 spiro atoms. The second-order valence-corrected chi connectivity index (χ2v) is 8.40. The van der Waals surface area contributed by atoms with Gasteiger partial charge >= 0.3 is 0 Å². The molecule has 0 unspecified atom stereocenters. The molecular formula is C16H26N2O3S. The molecule has 124 valence electrons. The standard InChI is InChI=1S/C16H26N2O3S/c1-18(2)13-16(9-10-16)12-17-22(19,20)11-8-14-4-6-15(21-3)7-5-14/h4-7,17H,8-13H2,1-3H3. The zero-order chi connectivity index (χ0) is 16.2. The molecule has 1 N–H and O–H groups in total. The van der Waals surface area contributed by atoms with E-state index in [1.165, 1.54) is 0 Å². The number of sulfonamides is 1. The summed E-state index contributed by atoms with van der Waals surface area (Å²) >= 11 is 0. The Morgan fingerprint density at radius 1 is 1.23 bits per heavy atom. The maximum atomic E-state index is 12.1. The lowest BCUT2D eigenvalue weighted by Gasteiger charge is -2.20. The zero-order valence-corrected chi connectivity index (χ0v) is 14.4. The normalized spacial score (nSPS) is 16.7. The van der Waals surface area contributed by atoms with E-state index in [2.05, 4.69) is 9.62 Å². The Kier molecular flexibility index (Phi) is 5.47.